The molecule has 4 rings (SSSR count). The molecular formula is C20H26BrN5O3. The molecule has 1 spiro atoms. The van der Waals surface area contributed by atoms with Crippen LogP contribution in [-0.4, -0.2) is 82.8 Å². The second-order valence-corrected chi connectivity index (χ2v) is 8.94. The highest BCUT2D eigenvalue weighted by molar-refractivity contribution is 9.10. The molecule has 1 saturated carbocycles. The molecule has 3 heterocycles. The van der Waals surface area contributed by atoms with Crippen molar-refractivity contribution in [3.8, 4) is 0 Å². The SMILES string of the molecule is CN1C(=O)N(CC(=O)N2CCN(c3ccc(Br)cn3)CC2)C(=O)C12CCCCC2. The van der Waals surface area contributed by atoms with Crippen molar-refractivity contribution in [2.75, 3.05) is 44.7 Å². The lowest BCUT2D eigenvalue weighted by atomic mass is 9.81. The number of anilines is 1. The van der Waals surface area contributed by atoms with Gasteiger partial charge in [0.1, 0.15) is 17.9 Å². The highest BCUT2D eigenvalue weighted by Crippen LogP contribution is 2.39. The minimum Gasteiger partial charge on any atom is -0.353 e. The standard InChI is InChI=1S/C20H26BrN5O3/c1-23-19(29)26(18(28)20(23)7-3-2-4-8-20)14-17(27)25-11-9-24(10-12-25)16-6-5-15(21)13-22-16/h5-6,13H,2-4,7-12,14H2,1H3. The van der Waals surface area contributed by atoms with E-state index in [0.717, 1.165) is 34.5 Å². The third-order valence-electron chi connectivity index (χ3n) is 6.45. The summed E-state index contributed by atoms with van der Waals surface area (Å²) in [5, 5.41) is 0. The lowest BCUT2D eigenvalue weighted by Gasteiger charge is -2.36. The number of carbonyl (C=O) groups excluding carboxylic acids is 3. The number of carbonyl (C=O) groups is 3. The van der Waals surface area contributed by atoms with Crippen molar-refractivity contribution in [3.05, 3.63) is 22.8 Å². The summed E-state index contributed by atoms with van der Waals surface area (Å²) >= 11 is 3.38. The first-order valence-electron chi connectivity index (χ1n) is 10.2. The maximum absolute atomic E-state index is 13.1. The van der Waals surface area contributed by atoms with Crippen LogP contribution >= 0.6 is 15.9 Å². The van der Waals surface area contributed by atoms with Crippen LogP contribution in [0.25, 0.3) is 0 Å². The van der Waals surface area contributed by atoms with Crippen molar-refractivity contribution < 1.29 is 14.4 Å². The minimum absolute atomic E-state index is 0.166. The van der Waals surface area contributed by atoms with Crippen molar-refractivity contribution >= 4 is 39.6 Å². The Morgan fingerprint density at radius 1 is 1.10 bits per heavy atom. The number of urea groups is 1. The second kappa shape index (κ2) is 7.93. The Labute approximate surface area is 178 Å². The van der Waals surface area contributed by atoms with Crippen molar-refractivity contribution in [2.45, 2.75) is 37.6 Å². The van der Waals surface area contributed by atoms with Crippen LogP contribution in [0.2, 0.25) is 0 Å². The zero-order valence-electron chi connectivity index (χ0n) is 16.6. The van der Waals surface area contributed by atoms with Gasteiger partial charge in [0.2, 0.25) is 5.91 Å². The highest BCUT2D eigenvalue weighted by Gasteiger charge is 2.56. The number of nitrogens with zero attached hydrogens (tertiary/aromatic N) is 5. The number of rotatable bonds is 3. The van der Waals surface area contributed by atoms with Crippen molar-refractivity contribution in [2.24, 2.45) is 0 Å². The Morgan fingerprint density at radius 3 is 2.41 bits per heavy atom. The zero-order chi connectivity index (χ0) is 20.6. The predicted molar refractivity (Wildman–Crippen MR) is 111 cm³/mol. The number of halogens is 1. The van der Waals surface area contributed by atoms with Gasteiger partial charge in [0, 0.05) is 43.9 Å². The Bertz CT molecular complexity index is 801. The molecule has 156 valence electrons. The fourth-order valence-corrected chi connectivity index (χ4v) is 4.88. The van der Waals surface area contributed by atoms with Gasteiger partial charge in [-0.2, -0.15) is 0 Å². The number of likely N-dealkylation sites (N-methyl/N-ethyl adjacent to an activating group) is 1. The molecular weight excluding hydrogens is 438 g/mol. The maximum Gasteiger partial charge on any atom is 0.327 e. The molecule has 9 heteroatoms. The number of amides is 4. The molecule has 29 heavy (non-hydrogen) atoms. The minimum atomic E-state index is -0.735. The van der Waals surface area contributed by atoms with E-state index >= 15 is 0 Å². The summed E-state index contributed by atoms with van der Waals surface area (Å²) in [4.78, 5) is 49.6. The third kappa shape index (κ3) is 3.60. The lowest BCUT2D eigenvalue weighted by Crippen LogP contribution is -2.52. The molecule has 8 nitrogen and oxygen atoms in total. The lowest BCUT2D eigenvalue weighted by molar-refractivity contribution is -0.140. The van der Waals surface area contributed by atoms with Crippen molar-refractivity contribution in [1.82, 2.24) is 19.7 Å². The molecule has 0 N–H and O–H groups in total. The van der Waals surface area contributed by atoms with E-state index in [2.05, 4.69) is 25.8 Å². The molecule has 1 aromatic heterocycles. The van der Waals surface area contributed by atoms with E-state index in [4.69, 9.17) is 0 Å². The summed E-state index contributed by atoms with van der Waals surface area (Å²) in [6.45, 7) is 2.28. The van der Waals surface area contributed by atoms with Gasteiger partial charge in [-0.15, -0.1) is 0 Å². The number of piperazine rings is 1. The van der Waals surface area contributed by atoms with Gasteiger partial charge < -0.3 is 14.7 Å². The number of hydrogen-bond donors (Lipinski definition) is 0. The van der Waals surface area contributed by atoms with Gasteiger partial charge in [-0.3, -0.25) is 14.5 Å². The van der Waals surface area contributed by atoms with E-state index in [0.29, 0.717) is 39.0 Å². The summed E-state index contributed by atoms with van der Waals surface area (Å²) in [5.41, 5.74) is -0.735. The average molecular weight is 464 g/mol. The summed E-state index contributed by atoms with van der Waals surface area (Å²) in [5.74, 6) is 0.512. The van der Waals surface area contributed by atoms with Crippen LogP contribution in [-0.2, 0) is 9.59 Å². The van der Waals surface area contributed by atoms with E-state index in [1.54, 1.807) is 23.0 Å². The third-order valence-corrected chi connectivity index (χ3v) is 6.91. The van der Waals surface area contributed by atoms with E-state index < -0.39 is 5.54 Å². The first kappa shape index (κ1) is 20.1. The topological polar surface area (TPSA) is 77.1 Å². The smallest absolute Gasteiger partial charge is 0.327 e. The van der Waals surface area contributed by atoms with Gasteiger partial charge in [0.05, 0.1) is 0 Å². The molecule has 0 bridgehead atoms. The molecule has 4 amide bonds. The van der Waals surface area contributed by atoms with E-state index in [1.165, 1.54) is 0 Å². The first-order chi connectivity index (χ1) is 13.9. The fraction of sp³-hybridized carbons (Fsp3) is 0.600. The van der Waals surface area contributed by atoms with Crippen LogP contribution in [0.15, 0.2) is 22.8 Å². The second-order valence-electron chi connectivity index (χ2n) is 8.03. The number of aromatic nitrogens is 1. The van der Waals surface area contributed by atoms with E-state index in [1.807, 2.05) is 12.1 Å². The Balaban J connectivity index is 1.37. The molecule has 2 saturated heterocycles. The van der Waals surface area contributed by atoms with E-state index in [9.17, 15) is 14.4 Å². The van der Waals surface area contributed by atoms with Crippen LogP contribution in [0, 0.1) is 0 Å². The van der Waals surface area contributed by atoms with Crippen molar-refractivity contribution in [1.29, 1.82) is 0 Å². The molecule has 0 atom stereocenters. The molecule has 1 aliphatic carbocycles. The Hall–Kier alpha value is -2.16. The highest BCUT2D eigenvalue weighted by atomic mass is 79.9. The molecule has 1 aromatic rings. The van der Waals surface area contributed by atoms with Crippen LogP contribution in [0.1, 0.15) is 32.1 Å². The molecule has 3 aliphatic rings. The number of pyridine rings is 1. The van der Waals surface area contributed by atoms with Gasteiger partial charge in [0.15, 0.2) is 0 Å². The fourth-order valence-electron chi connectivity index (χ4n) is 4.65. The normalized spacial score (nSPS) is 22.0. The summed E-state index contributed by atoms with van der Waals surface area (Å²) < 4.78 is 0.927. The van der Waals surface area contributed by atoms with Gasteiger partial charge in [-0.1, -0.05) is 19.3 Å². The Morgan fingerprint density at radius 2 is 1.79 bits per heavy atom. The largest absolute Gasteiger partial charge is 0.353 e. The molecule has 0 unspecified atom stereocenters. The number of imide groups is 1. The van der Waals surface area contributed by atoms with Gasteiger partial charge in [0.25, 0.3) is 5.91 Å². The summed E-state index contributed by atoms with van der Waals surface area (Å²) in [6.07, 6.45) is 6.12. The summed E-state index contributed by atoms with van der Waals surface area (Å²) in [6, 6.07) is 3.55. The molecule has 2 aliphatic heterocycles. The van der Waals surface area contributed by atoms with Crippen molar-refractivity contribution in [3.63, 3.8) is 0 Å². The van der Waals surface area contributed by atoms with Gasteiger partial charge in [-0.25, -0.2) is 9.78 Å². The van der Waals surface area contributed by atoms with Crippen LogP contribution in [0.5, 0.6) is 0 Å². The van der Waals surface area contributed by atoms with Crippen LogP contribution in [0.4, 0.5) is 10.6 Å². The zero-order valence-corrected chi connectivity index (χ0v) is 18.2. The molecule has 3 fully saturated rings. The molecule has 0 aromatic carbocycles. The van der Waals surface area contributed by atoms with Crippen LogP contribution in [0.3, 0.4) is 0 Å². The quantitative estimate of drug-likeness (QED) is 0.641. The Kier molecular flexibility index (Phi) is 5.50. The van der Waals surface area contributed by atoms with Crippen LogP contribution < -0.4 is 4.90 Å². The van der Waals surface area contributed by atoms with E-state index in [-0.39, 0.29) is 24.4 Å². The monoisotopic (exact) mass is 463 g/mol. The number of hydrogen-bond acceptors (Lipinski definition) is 5. The first-order valence-corrected chi connectivity index (χ1v) is 11.0. The maximum atomic E-state index is 13.1. The average Bonchev–Trinajstić information content (AvgIpc) is 2.91. The van der Waals surface area contributed by atoms with Gasteiger partial charge >= 0.3 is 6.03 Å². The summed E-state index contributed by atoms with van der Waals surface area (Å²) in [7, 11) is 1.69. The van der Waals surface area contributed by atoms with Gasteiger partial charge in [-0.05, 0) is 40.9 Å². The predicted octanol–water partition coefficient (Wildman–Crippen LogP) is 2.09. The molecule has 0 radical (unpaired) electrons.